The molecule has 1 amide bonds. The maximum atomic E-state index is 12.0. The van der Waals surface area contributed by atoms with E-state index < -0.39 is 0 Å². The molecule has 168 valence electrons. The van der Waals surface area contributed by atoms with Crippen molar-refractivity contribution in [3.63, 3.8) is 0 Å². The van der Waals surface area contributed by atoms with Gasteiger partial charge in [0.05, 0.1) is 13.7 Å². The zero-order chi connectivity index (χ0) is 22.6. The molecule has 0 bridgehead atoms. The van der Waals surface area contributed by atoms with Crippen molar-refractivity contribution in [1.82, 2.24) is 15.1 Å². The van der Waals surface area contributed by atoms with Gasteiger partial charge in [-0.25, -0.2) is 4.99 Å². The van der Waals surface area contributed by atoms with Gasteiger partial charge in [-0.15, -0.1) is 0 Å². The molecule has 0 heterocycles. The fraction of sp³-hybridized carbons (Fsp3) is 0.417. The molecule has 2 aromatic rings. The second kappa shape index (κ2) is 12.5. The van der Waals surface area contributed by atoms with E-state index >= 15 is 0 Å². The van der Waals surface area contributed by atoms with Crippen LogP contribution in [0.15, 0.2) is 53.5 Å². The average molecular weight is 427 g/mol. The maximum absolute atomic E-state index is 12.0. The molecule has 2 aromatic carbocycles. The Labute approximate surface area is 185 Å². The predicted octanol–water partition coefficient (Wildman–Crippen LogP) is 2.80. The minimum atomic E-state index is -0.0380. The second-order valence-corrected chi connectivity index (χ2v) is 7.39. The summed E-state index contributed by atoms with van der Waals surface area (Å²) in [5, 5.41) is 3.39. The highest BCUT2D eigenvalue weighted by molar-refractivity contribution is 5.84. The highest BCUT2D eigenvalue weighted by atomic mass is 16.5. The van der Waals surface area contributed by atoms with Crippen molar-refractivity contribution in [1.29, 1.82) is 0 Å². The first-order valence-electron chi connectivity index (χ1n) is 10.5. The van der Waals surface area contributed by atoms with E-state index in [1.165, 1.54) is 5.56 Å². The molecule has 0 atom stereocenters. The van der Waals surface area contributed by atoms with Crippen LogP contribution in [0.2, 0.25) is 0 Å². The lowest BCUT2D eigenvalue weighted by Crippen LogP contribution is -2.40. The lowest BCUT2D eigenvalue weighted by Gasteiger charge is -2.23. The lowest BCUT2D eigenvalue weighted by atomic mass is 10.1. The first kappa shape index (κ1) is 24.1. The number of rotatable bonds is 10. The van der Waals surface area contributed by atoms with Crippen molar-refractivity contribution in [2.24, 2.45) is 4.99 Å². The fourth-order valence-electron chi connectivity index (χ4n) is 2.91. The van der Waals surface area contributed by atoms with Crippen LogP contribution in [0.4, 0.5) is 0 Å². The summed E-state index contributed by atoms with van der Waals surface area (Å²) in [6.45, 7) is 4.09. The van der Waals surface area contributed by atoms with Crippen LogP contribution in [-0.4, -0.2) is 69.6 Å². The minimum Gasteiger partial charge on any atom is -0.497 e. The molecular formula is C24H34N4O3. The highest BCUT2D eigenvalue weighted by Crippen LogP contribution is 2.14. The van der Waals surface area contributed by atoms with Crippen molar-refractivity contribution in [3.05, 3.63) is 59.7 Å². The first-order chi connectivity index (χ1) is 14.9. The van der Waals surface area contributed by atoms with Crippen LogP contribution in [0.25, 0.3) is 0 Å². The first-order valence-corrected chi connectivity index (χ1v) is 10.5. The van der Waals surface area contributed by atoms with E-state index in [-0.39, 0.29) is 12.5 Å². The Balaban J connectivity index is 2.01. The molecular weight excluding hydrogens is 392 g/mol. The summed E-state index contributed by atoms with van der Waals surface area (Å²) in [5.41, 5.74) is 2.33. The Bertz CT molecular complexity index is 833. The summed E-state index contributed by atoms with van der Waals surface area (Å²) in [4.78, 5) is 20.1. The number of nitrogens with zero attached hydrogens (tertiary/aromatic N) is 3. The Morgan fingerprint density at radius 3 is 2.16 bits per heavy atom. The molecule has 0 fully saturated rings. The van der Waals surface area contributed by atoms with Crippen molar-refractivity contribution < 1.29 is 14.3 Å². The van der Waals surface area contributed by atoms with Crippen molar-refractivity contribution in [2.45, 2.75) is 19.9 Å². The number of likely N-dealkylation sites (N-methyl/N-ethyl adjacent to an activating group) is 1. The van der Waals surface area contributed by atoms with E-state index in [4.69, 9.17) is 9.47 Å². The van der Waals surface area contributed by atoms with E-state index in [1.807, 2.05) is 55.3 Å². The Morgan fingerprint density at radius 2 is 1.58 bits per heavy atom. The normalized spacial score (nSPS) is 11.1. The molecule has 7 heteroatoms. The van der Waals surface area contributed by atoms with Gasteiger partial charge in [0.15, 0.2) is 5.96 Å². The molecule has 0 saturated heterocycles. The van der Waals surface area contributed by atoms with Gasteiger partial charge < -0.3 is 24.6 Å². The van der Waals surface area contributed by atoms with Crippen molar-refractivity contribution in [2.75, 3.05) is 47.9 Å². The Kier molecular flexibility index (Phi) is 9.68. The summed E-state index contributed by atoms with van der Waals surface area (Å²) in [6, 6.07) is 16.0. The van der Waals surface area contributed by atoms with Crippen LogP contribution in [0.3, 0.4) is 0 Å². The minimum absolute atomic E-state index is 0.0380. The predicted molar refractivity (Wildman–Crippen MR) is 125 cm³/mol. The molecule has 0 radical (unpaired) electrons. The van der Waals surface area contributed by atoms with E-state index in [2.05, 4.69) is 22.4 Å². The summed E-state index contributed by atoms with van der Waals surface area (Å²) >= 11 is 0. The zero-order valence-electron chi connectivity index (χ0n) is 19.2. The molecule has 0 aliphatic rings. The topological polar surface area (TPSA) is 66.4 Å². The summed E-state index contributed by atoms with van der Waals surface area (Å²) in [7, 11) is 7.10. The molecule has 7 nitrogen and oxygen atoms in total. The van der Waals surface area contributed by atoms with Crippen LogP contribution < -0.4 is 14.8 Å². The van der Waals surface area contributed by atoms with Crippen LogP contribution >= 0.6 is 0 Å². The molecule has 0 unspecified atom stereocenters. The van der Waals surface area contributed by atoms with Gasteiger partial charge in [-0.1, -0.05) is 24.3 Å². The number of hydrogen-bond acceptors (Lipinski definition) is 4. The number of benzene rings is 2. The van der Waals surface area contributed by atoms with E-state index in [9.17, 15) is 4.79 Å². The smallest absolute Gasteiger partial charge is 0.243 e. The molecule has 0 aromatic heterocycles. The second-order valence-electron chi connectivity index (χ2n) is 7.39. The molecule has 31 heavy (non-hydrogen) atoms. The van der Waals surface area contributed by atoms with E-state index in [1.54, 1.807) is 26.1 Å². The van der Waals surface area contributed by atoms with Crippen molar-refractivity contribution >= 4 is 11.9 Å². The van der Waals surface area contributed by atoms with Gasteiger partial charge in [0, 0.05) is 34.2 Å². The van der Waals surface area contributed by atoms with Crippen LogP contribution in [-0.2, 0) is 17.8 Å². The largest absolute Gasteiger partial charge is 0.497 e. The fourth-order valence-corrected chi connectivity index (χ4v) is 2.91. The Morgan fingerprint density at radius 1 is 0.968 bits per heavy atom. The molecule has 0 saturated carbocycles. The maximum Gasteiger partial charge on any atom is 0.243 e. The van der Waals surface area contributed by atoms with Crippen LogP contribution in [0.5, 0.6) is 11.5 Å². The third-order valence-corrected chi connectivity index (χ3v) is 4.73. The van der Waals surface area contributed by atoms with E-state index in [0.29, 0.717) is 25.7 Å². The number of hydrogen-bond donors (Lipinski definition) is 1. The Hall–Kier alpha value is -3.22. The van der Waals surface area contributed by atoms with Gasteiger partial charge in [0.2, 0.25) is 5.91 Å². The summed E-state index contributed by atoms with van der Waals surface area (Å²) in [5.74, 6) is 2.36. The van der Waals surface area contributed by atoms with Gasteiger partial charge in [0.1, 0.15) is 18.0 Å². The van der Waals surface area contributed by atoms with Gasteiger partial charge in [-0.2, -0.15) is 0 Å². The van der Waals surface area contributed by atoms with Crippen LogP contribution in [0, 0.1) is 0 Å². The van der Waals surface area contributed by atoms with Crippen molar-refractivity contribution in [3.8, 4) is 11.5 Å². The molecule has 0 aliphatic carbocycles. The standard InChI is InChI=1S/C24H34N4O3/c1-6-31-22-13-9-20(10-14-22)18-28(4)24(26-17-23(29)27(2)3)25-16-15-19-7-11-21(30-5)12-8-19/h7-14H,6,15-18H2,1-5H3,(H,25,26). The number of methoxy groups -OCH3 is 1. The number of carbonyl (C=O) groups is 1. The molecule has 1 N–H and O–H groups in total. The SMILES string of the molecule is CCOc1ccc(CN(C)C(=NCC(=O)N(C)C)NCCc2ccc(OC)cc2)cc1. The lowest BCUT2D eigenvalue weighted by molar-refractivity contribution is -0.127. The van der Waals surface area contributed by atoms with Gasteiger partial charge >= 0.3 is 0 Å². The number of carbonyl (C=O) groups excluding carboxylic acids is 1. The van der Waals surface area contributed by atoms with Crippen LogP contribution in [0.1, 0.15) is 18.1 Å². The zero-order valence-corrected chi connectivity index (χ0v) is 19.2. The van der Waals surface area contributed by atoms with Gasteiger partial charge in [-0.3, -0.25) is 4.79 Å². The number of aliphatic imine (C=N–C) groups is 1. The summed E-state index contributed by atoms with van der Waals surface area (Å²) < 4.78 is 10.7. The molecule has 2 rings (SSSR count). The number of guanidine groups is 1. The molecule has 0 aliphatic heterocycles. The number of ether oxygens (including phenoxy) is 2. The third-order valence-electron chi connectivity index (χ3n) is 4.73. The molecule has 0 spiro atoms. The number of nitrogens with one attached hydrogen (secondary N) is 1. The monoisotopic (exact) mass is 426 g/mol. The summed E-state index contributed by atoms with van der Waals surface area (Å²) in [6.07, 6.45) is 0.835. The van der Waals surface area contributed by atoms with Gasteiger partial charge in [0.25, 0.3) is 0 Å². The third kappa shape index (κ3) is 8.20. The average Bonchev–Trinajstić information content (AvgIpc) is 2.77. The quantitative estimate of drug-likeness (QED) is 0.467. The highest BCUT2D eigenvalue weighted by Gasteiger charge is 2.10. The van der Waals surface area contributed by atoms with Gasteiger partial charge in [-0.05, 0) is 48.7 Å². The number of amides is 1. The van der Waals surface area contributed by atoms with E-state index in [0.717, 1.165) is 23.5 Å².